The van der Waals surface area contributed by atoms with Crippen LogP contribution in [0.15, 0.2) is 0 Å². The van der Waals surface area contributed by atoms with Crippen LogP contribution in [-0.4, -0.2) is 39.0 Å². The fourth-order valence-electron chi connectivity index (χ4n) is 2.19. The van der Waals surface area contributed by atoms with Crippen LogP contribution in [0, 0.1) is 23.2 Å². The van der Waals surface area contributed by atoms with Gasteiger partial charge in [0, 0.05) is 5.41 Å². The third-order valence-corrected chi connectivity index (χ3v) is 4.03. The van der Waals surface area contributed by atoms with Gasteiger partial charge in [0.15, 0.2) is 0 Å². The monoisotopic (exact) mass is 254 g/mol. The average molecular weight is 254 g/mol. The molecular weight excluding hydrogens is 232 g/mol. The predicted octanol–water partition coefficient (Wildman–Crippen LogP) is 1.79. The lowest BCUT2D eigenvalue weighted by molar-refractivity contribution is -0.480. The smallest absolute Gasteiger partial charge is 0.285 e. The normalized spacial score (nSPS) is 35.4. The van der Waals surface area contributed by atoms with Crippen molar-refractivity contribution >= 4 is 0 Å². The van der Waals surface area contributed by atoms with E-state index in [-0.39, 0.29) is 10.8 Å². The van der Waals surface area contributed by atoms with E-state index in [0.29, 0.717) is 39.5 Å². The highest BCUT2D eigenvalue weighted by atomic mass is 16.9. The second kappa shape index (κ2) is 4.82. The maximum Gasteiger partial charge on any atom is 0.285 e. The summed E-state index contributed by atoms with van der Waals surface area (Å²) in [6.45, 7) is 9.38. The molecule has 3 aliphatic heterocycles. The fraction of sp³-hybridized carbons (Fsp3) is 0.857. The van der Waals surface area contributed by atoms with Crippen molar-refractivity contribution in [2.75, 3.05) is 33.0 Å². The van der Waals surface area contributed by atoms with Gasteiger partial charge in [0.25, 0.3) is 5.97 Å². The third kappa shape index (κ3) is 2.41. The van der Waals surface area contributed by atoms with E-state index in [1.165, 1.54) is 0 Å². The van der Waals surface area contributed by atoms with E-state index in [1.54, 1.807) is 0 Å². The Morgan fingerprint density at radius 1 is 1.17 bits per heavy atom. The van der Waals surface area contributed by atoms with E-state index < -0.39 is 5.97 Å². The molecule has 3 saturated heterocycles. The molecule has 3 rings (SSSR count). The van der Waals surface area contributed by atoms with Crippen LogP contribution >= 0.6 is 0 Å². The molecular formula is C14H22O4. The second-order valence-electron chi connectivity index (χ2n) is 6.09. The van der Waals surface area contributed by atoms with Gasteiger partial charge in [0.2, 0.25) is 0 Å². The van der Waals surface area contributed by atoms with Crippen molar-refractivity contribution in [2.45, 2.75) is 33.2 Å². The summed E-state index contributed by atoms with van der Waals surface area (Å²) in [6, 6.07) is 0. The molecule has 4 nitrogen and oxygen atoms in total. The third-order valence-electron chi connectivity index (χ3n) is 4.03. The average Bonchev–Trinajstić information content (AvgIpc) is 2.36. The zero-order valence-corrected chi connectivity index (χ0v) is 11.5. The van der Waals surface area contributed by atoms with Gasteiger partial charge in [-0.15, -0.1) is 6.42 Å². The maximum absolute atomic E-state index is 5.80. The number of hydrogen-bond donors (Lipinski definition) is 0. The fourth-order valence-corrected chi connectivity index (χ4v) is 2.19. The Morgan fingerprint density at radius 3 is 2.17 bits per heavy atom. The van der Waals surface area contributed by atoms with Gasteiger partial charge in [0.05, 0.1) is 32.8 Å². The SMILES string of the molecule is C#CCOCCC12OCC(C(C)(C)C)(CO1)CO2. The Hall–Kier alpha value is -0.600. The molecule has 18 heavy (non-hydrogen) atoms. The zero-order chi connectivity index (χ0) is 13.3. The number of terminal acetylenes is 1. The van der Waals surface area contributed by atoms with Gasteiger partial charge in [-0.1, -0.05) is 26.7 Å². The Morgan fingerprint density at radius 2 is 1.72 bits per heavy atom. The van der Waals surface area contributed by atoms with Crippen LogP contribution in [0.4, 0.5) is 0 Å². The van der Waals surface area contributed by atoms with Crippen molar-refractivity contribution in [2.24, 2.45) is 10.8 Å². The summed E-state index contributed by atoms with van der Waals surface area (Å²) < 4.78 is 22.6. The molecule has 102 valence electrons. The molecule has 0 N–H and O–H groups in total. The van der Waals surface area contributed by atoms with Crippen LogP contribution in [-0.2, 0) is 18.9 Å². The maximum atomic E-state index is 5.80. The molecule has 0 aliphatic carbocycles. The second-order valence-corrected chi connectivity index (χ2v) is 6.09. The summed E-state index contributed by atoms with van der Waals surface area (Å²) in [7, 11) is 0. The molecule has 2 bridgehead atoms. The van der Waals surface area contributed by atoms with Gasteiger partial charge in [-0.05, 0) is 5.41 Å². The molecule has 0 amide bonds. The van der Waals surface area contributed by atoms with Crippen LogP contribution in [0.3, 0.4) is 0 Å². The minimum atomic E-state index is -0.915. The summed E-state index contributed by atoms with van der Waals surface area (Å²) in [5.41, 5.74) is 0.0496. The van der Waals surface area contributed by atoms with Crippen LogP contribution in [0.25, 0.3) is 0 Å². The molecule has 3 fully saturated rings. The van der Waals surface area contributed by atoms with Crippen LogP contribution in [0.5, 0.6) is 0 Å². The Bertz CT molecular complexity index is 312. The molecule has 0 aromatic heterocycles. The standard InChI is InChI=1S/C14H22O4/c1-5-7-15-8-6-14-16-9-13(10-17-14,11-18-14)12(2,3)4/h1H,6-11H2,2-4H3. The van der Waals surface area contributed by atoms with E-state index in [2.05, 4.69) is 26.7 Å². The number of hydrogen-bond acceptors (Lipinski definition) is 4. The minimum Gasteiger partial charge on any atom is -0.368 e. The zero-order valence-electron chi connectivity index (χ0n) is 11.5. The van der Waals surface area contributed by atoms with E-state index >= 15 is 0 Å². The van der Waals surface area contributed by atoms with Crippen molar-refractivity contribution in [1.82, 2.24) is 0 Å². The molecule has 0 saturated carbocycles. The molecule has 0 unspecified atom stereocenters. The van der Waals surface area contributed by atoms with Crippen molar-refractivity contribution in [3.05, 3.63) is 0 Å². The summed E-state index contributed by atoms with van der Waals surface area (Å²) in [5.74, 6) is 1.51. The molecule has 0 radical (unpaired) electrons. The summed E-state index contributed by atoms with van der Waals surface area (Å²) in [5, 5.41) is 0. The van der Waals surface area contributed by atoms with Gasteiger partial charge in [-0.2, -0.15) is 0 Å². The van der Waals surface area contributed by atoms with Gasteiger partial charge in [0.1, 0.15) is 6.61 Å². The van der Waals surface area contributed by atoms with Gasteiger partial charge < -0.3 is 18.9 Å². The first kappa shape index (κ1) is 13.8. The van der Waals surface area contributed by atoms with Crippen molar-refractivity contribution in [1.29, 1.82) is 0 Å². The van der Waals surface area contributed by atoms with Crippen molar-refractivity contribution < 1.29 is 18.9 Å². The lowest BCUT2D eigenvalue weighted by atomic mass is 9.67. The largest absolute Gasteiger partial charge is 0.368 e. The molecule has 0 atom stereocenters. The quantitative estimate of drug-likeness (QED) is 0.566. The highest BCUT2D eigenvalue weighted by molar-refractivity contribution is 4.96. The van der Waals surface area contributed by atoms with E-state index in [9.17, 15) is 0 Å². The van der Waals surface area contributed by atoms with Crippen LogP contribution in [0.1, 0.15) is 27.2 Å². The Labute approximate surface area is 109 Å². The lowest BCUT2D eigenvalue weighted by Gasteiger charge is -2.56. The van der Waals surface area contributed by atoms with Gasteiger partial charge in [-0.3, -0.25) is 0 Å². The first-order valence-corrected chi connectivity index (χ1v) is 6.36. The van der Waals surface area contributed by atoms with Gasteiger partial charge in [-0.25, -0.2) is 0 Å². The molecule has 0 aromatic rings. The van der Waals surface area contributed by atoms with Crippen molar-refractivity contribution in [3.63, 3.8) is 0 Å². The highest BCUT2D eigenvalue weighted by Gasteiger charge is 2.56. The number of ether oxygens (including phenoxy) is 4. The molecule has 0 aromatic carbocycles. The van der Waals surface area contributed by atoms with Crippen molar-refractivity contribution in [3.8, 4) is 12.3 Å². The summed E-state index contributed by atoms with van der Waals surface area (Å²) >= 11 is 0. The van der Waals surface area contributed by atoms with E-state index in [4.69, 9.17) is 25.4 Å². The van der Waals surface area contributed by atoms with E-state index in [0.717, 1.165) is 0 Å². The Balaban J connectivity index is 1.90. The summed E-state index contributed by atoms with van der Waals surface area (Å²) in [6.07, 6.45) is 5.67. The minimum absolute atomic E-state index is 0.0472. The molecule has 4 heteroatoms. The first-order valence-electron chi connectivity index (χ1n) is 6.36. The topological polar surface area (TPSA) is 36.9 Å². The molecule has 0 spiro atoms. The van der Waals surface area contributed by atoms with E-state index in [1.807, 2.05) is 0 Å². The number of fused-ring (bicyclic) bond motifs is 3. The lowest BCUT2D eigenvalue weighted by Crippen LogP contribution is -2.64. The molecule has 3 heterocycles. The summed E-state index contributed by atoms with van der Waals surface area (Å²) in [4.78, 5) is 0. The van der Waals surface area contributed by atoms with Gasteiger partial charge >= 0.3 is 0 Å². The Kier molecular flexibility index (Phi) is 3.70. The predicted molar refractivity (Wildman–Crippen MR) is 66.7 cm³/mol. The van der Waals surface area contributed by atoms with Crippen LogP contribution < -0.4 is 0 Å². The first-order chi connectivity index (χ1) is 8.43. The highest BCUT2D eigenvalue weighted by Crippen LogP contribution is 2.49. The molecule has 3 aliphatic rings. The van der Waals surface area contributed by atoms with Crippen LogP contribution in [0.2, 0.25) is 0 Å². The number of rotatable bonds is 4.